The number of benzene rings is 1. The van der Waals surface area contributed by atoms with Crippen molar-refractivity contribution in [1.82, 2.24) is 9.62 Å². The van der Waals surface area contributed by atoms with Crippen molar-refractivity contribution < 1.29 is 8.42 Å². The van der Waals surface area contributed by atoms with Crippen LogP contribution in [0.4, 0.5) is 0 Å². The molecule has 0 saturated heterocycles. The standard InChI is InChI=1S/C13H18Cl2N2O2S/c1-3-17(2)20(18,19)13-6-9(8-16-10-4-5-10)11(14)7-12(13)15/h6-7,10,16H,3-5,8H2,1-2H3. The van der Waals surface area contributed by atoms with E-state index < -0.39 is 10.0 Å². The molecule has 0 heterocycles. The minimum atomic E-state index is -3.57. The maximum absolute atomic E-state index is 12.4. The summed E-state index contributed by atoms with van der Waals surface area (Å²) in [6.07, 6.45) is 2.32. The third-order valence-electron chi connectivity index (χ3n) is 3.39. The monoisotopic (exact) mass is 336 g/mol. The van der Waals surface area contributed by atoms with E-state index >= 15 is 0 Å². The number of hydrogen-bond acceptors (Lipinski definition) is 3. The van der Waals surface area contributed by atoms with E-state index in [9.17, 15) is 8.42 Å². The predicted molar refractivity (Wildman–Crippen MR) is 81.8 cm³/mol. The molecule has 1 fully saturated rings. The molecule has 112 valence electrons. The lowest BCUT2D eigenvalue weighted by atomic mass is 10.2. The molecule has 0 radical (unpaired) electrons. The van der Waals surface area contributed by atoms with Gasteiger partial charge in [-0.05, 0) is 30.5 Å². The fourth-order valence-electron chi connectivity index (χ4n) is 1.78. The third-order valence-corrected chi connectivity index (χ3v) is 6.14. The smallest absolute Gasteiger partial charge is 0.244 e. The second-order valence-electron chi connectivity index (χ2n) is 4.95. The summed E-state index contributed by atoms with van der Waals surface area (Å²) >= 11 is 12.2. The Labute approximate surface area is 130 Å². The zero-order chi connectivity index (χ0) is 14.9. The minimum Gasteiger partial charge on any atom is -0.310 e. The van der Waals surface area contributed by atoms with Crippen LogP contribution in [0.5, 0.6) is 0 Å². The molecule has 1 N–H and O–H groups in total. The molecule has 20 heavy (non-hydrogen) atoms. The average molecular weight is 337 g/mol. The molecule has 0 aromatic heterocycles. The van der Waals surface area contributed by atoms with E-state index in [1.165, 1.54) is 17.4 Å². The molecule has 1 aromatic carbocycles. The van der Waals surface area contributed by atoms with Crippen molar-refractivity contribution in [3.63, 3.8) is 0 Å². The van der Waals surface area contributed by atoms with Crippen LogP contribution in [-0.4, -0.2) is 32.4 Å². The Morgan fingerprint density at radius 2 is 1.95 bits per heavy atom. The van der Waals surface area contributed by atoms with E-state index in [4.69, 9.17) is 23.2 Å². The van der Waals surface area contributed by atoms with Crippen LogP contribution in [0.3, 0.4) is 0 Å². The summed E-state index contributed by atoms with van der Waals surface area (Å²) in [5.74, 6) is 0. The summed E-state index contributed by atoms with van der Waals surface area (Å²) in [5.41, 5.74) is 0.756. The third kappa shape index (κ3) is 3.46. The van der Waals surface area contributed by atoms with E-state index in [-0.39, 0.29) is 9.92 Å². The SMILES string of the molecule is CCN(C)S(=O)(=O)c1cc(CNC2CC2)c(Cl)cc1Cl. The van der Waals surface area contributed by atoms with Crippen LogP contribution < -0.4 is 5.32 Å². The lowest BCUT2D eigenvalue weighted by Gasteiger charge is -2.17. The summed E-state index contributed by atoms with van der Waals surface area (Å²) in [6, 6.07) is 3.60. The molecule has 0 aliphatic heterocycles. The lowest BCUT2D eigenvalue weighted by Crippen LogP contribution is -2.27. The Bertz CT molecular complexity index is 601. The van der Waals surface area contributed by atoms with Gasteiger partial charge in [-0.25, -0.2) is 12.7 Å². The highest BCUT2D eigenvalue weighted by molar-refractivity contribution is 7.89. The van der Waals surface area contributed by atoms with Crippen LogP contribution in [0.25, 0.3) is 0 Å². The van der Waals surface area contributed by atoms with Crippen LogP contribution in [-0.2, 0) is 16.6 Å². The predicted octanol–water partition coefficient (Wildman–Crippen LogP) is 2.89. The van der Waals surface area contributed by atoms with Crippen LogP contribution >= 0.6 is 23.2 Å². The van der Waals surface area contributed by atoms with E-state index in [0.29, 0.717) is 24.2 Å². The zero-order valence-corrected chi connectivity index (χ0v) is 13.8. The van der Waals surface area contributed by atoms with Gasteiger partial charge in [0.2, 0.25) is 10.0 Å². The Hall–Kier alpha value is -0.330. The first-order valence-electron chi connectivity index (χ1n) is 6.54. The molecule has 0 atom stereocenters. The maximum Gasteiger partial charge on any atom is 0.244 e. The molecular formula is C13H18Cl2N2O2S. The summed E-state index contributed by atoms with van der Waals surface area (Å²) in [4.78, 5) is 0.112. The fraction of sp³-hybridized carbons (Fsp3) is 0.538. The van der Waals surface area contributed by atoms with E-state index in [1.54, 1.807) is 13.0 Å². The van der Waals surface area contributed by atoms with Gasteiger partial charge >= 0.3 is 0 Å². The van der Waals surface area contributed by atoms with Gasteiger partial charge in [-0.3, -0.25) is 0 Å². The Morgan fingerprint density at radius 1 is 1.30 bits per heavy atom. The average Bonchev–Trinajstić information content (AvgIpc) is 3.20. The van der Waals surface area contributed by atoms with Gasteiger partial charge in [0.15, 0.2) is 0 Å². The van der Waals surface area contributed by atoms with Crippen molar-refractivity contribution in [2.24, 2.45) is 0 Å². The van der Waals surface area contributed by atoms with Crippen molar-refractivity contribution in [3.8, 4) is 0 Å². The highest BCUT2D eigenvalue weighted by Crippen LogP contribution is 2.31. The molecule has 1 aliphatic rings. The quantitative estimate of drug-likeness (QED) is 0.868. The van der Waals surface area contributed by atoms with Gasteiger partial charge in [0, 0.05) is 31.2 Å². The largest absolute Gasteiger partial charge is 0.310 e. The van der Waals surface area contributed by atoms with Gasteiger partial charge in [0.25, 0.3) is 0 Å². The number of rotatable bonds is 6. The first-order valence-corrected chi connectivity index (χ1v) is 8.73. The molecule has 7 heteroatoms. The molecule has 2 rings (SSSR count). The number of sulfonamides is 1. The molecular weight excluding hydrogens is 319 g/mol. The van der Waals surface area contributed by atoms with Crippen LogP contribution in [0.1, 0.15) is 25.3 Å². The zero-order valence-electron chi connectivity index (χ0n) is 11.5. The van der Waals surface area contributed by atoms with Crippen molar-refractivity contribution >= 4 is 33.2 Å². The highest BCUT2D eigenvalue weighted by Gasteiger charge is 2.25. The number of nitrogens with zero attached hydrogens (tertiary/aromatic N) is 1. The van der Waals surface area contributed by atoms with E-state index in [1.807, 2.05) is 0 Å². The van der Waals surface area contributed by atoms with E-state index in [2.05, 4.69) is 5.32 Å². The topological polar surface area (TPSA) is 49.4 Å². The Kier molecular flexibility index (Phi) is 4.97. The van der Waals surface area contributed by atoms with Gasteiger partial charge in [-0.15, -0.1) is 0 Å². The van der Waals surface area contributed by atoms with Crippen molar-refractivity contribution in [2.75, 3.05) is 13.6 Å². The van der Waals surface area contributed by atoms with Crippen LogP contribution in [0, 0.1) is 0 Å². The molecule has 1 saturated carbocycles. The van der Waals surface area contributed by atoms with Crippen molar-refractivity contribution in [3.05, 3.63) is 27.7 Å². The second-order valence-corrected chi connectivity index (χ2v) is 7.78. The summed E-state index contributed by atoms with van der Waals surface area (Å²) in [6.45, 7) is 2.72. The van der Waals surface area contributed by atoms with Gasteiger partial charge in [-0.2, -0.15) is 0 Å². The number of halogens is 2. The molecule has 1 aromatic rings. The fourth-order valence-corrected chi connectivity index (χ4v) is 3.80. The minimum absolute atomic E-state index is 0.112. The molecule has 0 amide bonds. The normalized spacial score (nSPS) is 15.8. The van der Waals surface area contributed by atoms with Gasteiger partial charge < -0.3 is 5.32 Å². The van der Waals surface area contributed by atoms with Crippen molar-refractivity contribution in [2.45, 2.75) is 37.2 Å². The van der Waals surface area contributed by atoms with E-state index in [0.717, 1.165) is 18.4 Å². The Balaban J connectivity index is 2.34. The summed E-state index contributed by atoms with van der Waals surface area (Å²) in [5, 5.41) is 3.96. The van der Waals surface area contributed by atoms with Gasteiger partial charge in [0.1, 0.15) is 4.90 Å². The summed E-state index contributed by atoms with van der Waals surface area (Å²) in [7, 11) is -2.04. The molecule has 0 unspecified atom stereocenters. The summed E-state index contributed by atoms with van der Waals surface area (Å²) < 4.78 is 26.0. The van der Waals surface area contributed by atoms with Gasteiger partial charge in [-0.1, -0.05) is 30.1 Å². The maximum atomic E-state index is 12.4. The van der Waals surface area contributed by atoms with Gasteiger partial charge in [0.05, 0.1) is 5.02 Å². The number of hydrogen-bond donors (Lipinski definition) is 1. The number of nitrogens with one attached hydrogen (secondary N) is 1. The molecule has 4 nitrogen and oxygen atoms in total. The van der Waals surface area contributed by atoms with Crippen LogP contribution in [0.15, 0.2) is 17.0 Å². The highest BCUT2D eigenvalue weighted by atomic mass is 35.5. The van der Waals surface area contributed by atoms with Crippen molar-refractivity contribution in [1.29, 1.82) is 0 Å². The first-order chi connectivity index (χ1) is 9.36. The molecule has 0 bridgehead atoms. The first kappa shape index (κ1) is 16.0. The molecule has 0 spiro atoms. The lowest BCUT2D eigenvalue weighted by molar-refractivity contribution is 0.486. The Morgan fingerprint density at radius 3 is 2.50 bits per heavy atom. The molecule has 1 aliphatic carbocycles. The second kappa shape index (κ2) is 6.20. The van der Waals surface area contributed by atoms with Crippen LogP contribution in [0.2, 0.25) is 10.0 Å².